The molecule has 1 rings (SSSR count). The standard InChI is InChI=1S/C15H21NO3/c1-10(12-7-5-4-6-8-12)9-13(14(17)16-3)11(2)15(18)19/h4-8,10-11,13H,9H2,1-3H3,(H,16,17)(H,18,19)/p-1. The summed E-state index contributed by atoms with van der Waals surface area (Å²) in [6, 6.07) is 9.76. The molecule has 1 N–H and O–H groups in total. The lowest BCUT2D eigenvalue weighted by molar-refractivity contribution is -0.312. The molecular weight excluding hydrogens is 242 g/mol. The summed E-state index contributed by atoms with van der Waals surface area (Å²) < 4.78 is 0. The van der Waals surface area contributed by atoms with Gasteiger partial charge in [-0.1, -0.05) is 44.2 Å². The topological polar surface area (TPSA) is 69.2 Å². The first-order valence-electron chi connectivity index (χ1n) is 6.44. The van der Waals surface area contributed by atoms with Gasteiger partial charge in [-0.15, -0.1) is 0 Å². The summed E-state index contributed by atoms with van der Waals surface area (Å²) in [6.07, 6.45) is 0.485. The Morgan fingerprint density at radius 1 is 1.21 bits per heavy atom. The van der Waals surface area contributed by atoms with Crippen molar-refractivity contribution in [1.82, 2.24) is 5.32 Å². The monoisotopic (exact) mass is 262 g/mol. The number of amides is 1. The first-order valence-corrected chi connectivity index (χ1v) is 6.44. The number of hydrogen-bond acceptors (Lipinski definition) is 3. The largest absolute Gasteiger partial charge is 0.550 e. The SMILES string of the molecule is CNC(=O)C(CC(C)c1ccccc1)C(C)C(=O)[O-]. The minimum absolute atomic E-state index is 0.116. The smallest absolute Gasteiger partial charge is 0.223 e. The third-order valence-corrected chi connectivity index (χ3v) is 3.53. The van der Waals surface area contributed by atoms with Crippen LogP contribution in [0.5, 0.6) is 0 Å². The molecule has 1 aromatic carbocycles. The van der Waals surface area contributed by atoms with Crippen LogP contribution in [-0.2, 0) is 9.59 Å². The van der Waals surface area contributed by atoms with Gasteiger partial charge in [0.15, 0.2) is 0 Å². The maximum atomic E-state index is 11.8. The normalized spacial score (nSPS) is 15.3. The maximum Gasteiger partial charge on any atom is 0.223 e. The fourth-order valence-corrected chi connectivity index (χ4v) is 2.19. The first-order chi connectivity index (χ1) is 8.97. The van der Waals surface area contributed by atoms with E-state index in [0.717, 1.165) is 5.56 Å². The molecular formula is C15H20NO3-. The molecule has 104 valence electrons. The van der Waals surface area contributed by atoms with Crippen LogP contribution in [0.3, 0.4) is 0 Å². The zero-order valence-corrected chi connectivity index (χ0v) is 11.6. The summed E-state index contributed by atoms with van der Waals surface area (Å²) in [5, 5.41) is 13.5. The van der Waals surface area contributed by atoms with Gasteiger partial charge in [0.25, 0.3) is 0 Å². The van der Waals surface area contributed by atoms with Gasteiger partial charge in [-0.3, -0.25) is 4.79 Å². The molecule has 0 saturated carbocycles. The molecule has 0 radical (unpaired) electrons. The molecule has 0 aliphatic rings. The van der Waals surface area contributed by atoms with Crippen LogP contribution in [0.2, 0.25) is 0 Å². The zero-order chi connectivity index (χ0) is 14.4. The summed E-state index contributed by atoms with van der Waals surface area (Å²) in [5.41, 5.74) is 1.10. The van der Waals surface area contributed by atoms with Crippen LogP contribution in [0, 0.1) is 11.8 Å². The molecule has 4 heteroatoms. The number of carbonyl (C=O) groups is 2. The Morgan fingerprint density at radius 2 is 1.79 bits per heavy atom. The molecule has 0 aliphatic heterocycles. The second kappa shape index (κ2) is 6.92. The lowest BCUT2D eigenvalue weighted by Crippen LogP contribution is -2.41. The van der Waals surface area contributed by atoms with Crippen LogP contribution < -0.4 is 10.4 Å². The van der Waals surface area contributed by atoms with Crippen molar-refractivity contribution in [2.45, 2.75) is 26.2 Å². The minimum atomic E-state index is -1.19. The van der Waals surface area contributed by atoms with Gasteiger partial charge < -0.3 is 15.2 Å². The van der Waals surface area contributed by atoms with Crippen molar-refractivity contribution < 1.29 is 14.7 Å². The highest BCUT2D eigenvalue weighted by Gasteiger charge is 2.27. The van der Waals surface area contributed by atoms with Crippen LogP contribution >= 0.6 is 0 Å². The molecule has 0 bridgehead atoms. The van der Waals surface area contributed by atoms with E-state index in [1.165, 1.54) is 14.0 Å². The Morgan fingerprint density at radius 3 is 2.26 bits per heavy atom. The van der Waals surface area contributed by atoms with Crippen LogP contribution in [0.25, 0.3) is 0 Å². The van der Waals surface area contributed by atoms with E-state index in [-0.39, 0.29) is 11.8 Å². The Labute approximate surface area is 113 Å². The van der Waals surface area contributed by atoms with Gasteiger partial charge in [-0.2, -0.15) is 0 Å². The number of aliphatic carboxylic acids is 1. The van der Waals surface area contributed by atoms with Crippen molar-refractivity contribution in [3.8, 4) is 0 Å². The highest BCUT2D eigenvalue weighted by molar-refractivity contribution is 5.83. The van der Waals surface area contributed by atoms with Gasteiger partial charge in [0.1, 0.15) is 0 Å². The molecule has 4 nitrogen and oxygen atoms in total. The van der Waals surface area contributed by atoms with Crippen LogP contribution in [0.15, 0.2) is 30.3 Å². The number of hydrogen-bond donors (Lipinski definition) is 1. The zero-order valence-electron chi connectivity index (χ0n) is 11.6. The first kappa shape index (κ1) is 15.2. The predicted octanol–water partition coefficient (Wildman–Crippen LogP) is 0.928. The Bertz CT molecular complexity index is 430. The summed E-state index contributed by atoms with van der Waals surface area (Å²) in [6.45, 7) is 3.51. The van der Waals surface area contributed by atoms with Gasteiger partial charge in [-0.25, -0.2) is 0 Å². The second-order valence-corrected chi connectivity index (χ2v) is 4.88. The number of carboxylic acids is 1. The Kier molecular flexibility index (Phi) is 5.55. The summed E-state index contributed by atoms with van der Waals surface area (Å²) >= 11 is 0. The van der Waals surface area contributed by atoms with E-state index >= 15 is 0 Å². The van der Waals surface area contributed by atoms with E-state index in [1.54, 1.807) is 0 Å². The molecule has 1 aromatic rings. The van der Waals surface area contributed by atoms with Crippen LogP contribution in [0.4, 0.5) is 0 Å². The molecule has 0 fully saturated rings. The van der Waals surface area contributed by atoms with E-state index in [4.69, 9.17) is 0 Å². The fourth-order valence-electron chi connectivity index (χ4n) is 2.19. The molecule has 0 spiro atoms. The molecule has 19 heavy (non-hydrogen) atoms. The Balaban J connectivity index is 2.83. The van der Waals surface area contributed by atoms with Gasteiger partial charge in [0, 0.05) is 24.9 Å². The van der Waals surface area contributed by atoms with Crippen LogP contribution in [0.1, 0.15) is 31.7 Å². The van der Waals surface area contributed by atoms with E-state index in [9.17, 15) is 14.7 Å². The molecule has 3 unspecified atom stereocenters. The highest BCUT2D eigenvalue weighted by atomic mass is 16.4. The highest BCUT2D eigenvalue weighted by Crippen LogP contribution is 2.27. The summed E-state index contributed by atoms with van der Waals surface area (Å²) in [5.74, 6) is -2.70. The van der Waals surface area contributed by atoms with E-state index in [2.05, 4.69) is 5.32 Å². The molecule has 0 heterocycles. The van der Waals surface area contributed by atoms with Crippen molar-refractivity contribution in [3.05, 3.63) is 35.9 Å². The summed E-state index contributed by atoms with van der Waals surface area (Å²) in [7, 11) is 1.52. The summed E-state index contributed by atoms with van der Waals surface area (Å²) in [4.78, 5) is 22.8. The Hall–Kier alpha value is -1.84. The number of rotatable bonds is 6. The molecule has 0 aliphatic carbocycles. The lowest BCUT2D eigenvalue weighted by Gasteiger charge is -2.26. The van der Waals surface area contributed by atoms with Crippen molar-refractivity contribution in [2.24, 2.45) is 11.8 Å². The number of carboxylic acid groups (broad SMARTS) is 1. The average Bonchev–Trinajstić information content (AvgIpc) is 2.43. The van der Waals surface area contributed by atoms with Gasteiger partial charge >= 0.3 is 0 Å². The number of benzene rings is 1. The van der Waals surface area contributed by atoms with Crippen LogP contribution in [-0.4, -0.2) is 18.9 Å². The fraction of sp³-hybridized carbons (Fsp3) is 0.467. The third-order valence-electron chi connectivity index (χ3n) is 3.53. The minimum Gasteiger partial charge on any atom is -0.550 e. The van der Waals surface area contributed by atoms with Gasteiger partial charge in [0.2, 0.25) is 5.91 Å². The average molecular weight is 262 g/mol. The number of carbonyl (C=O) groups excluding carboxylic acids is 2. The van der Waals surface area contributed by atoms with E-state index < -0.39 is 17.8 Å². The van der Waals surface area contributed by atoms with E-state index in [0.29, 0.717) is 6.42 Å². The number of nitrogens with one attached hydrogen (secondary N) is 1. The van der Waals surface area contributed by atoms with Crippen molar-refractivity contribution in [3.63, 3.8) is 0 Å². The lowest BCUT2D eigenvalue weighted by atomic mass is 9.82. The molecule has 3 atom stereocenters. The van der Waals surface area contributed by atoms with E-state index in [1.807, 2.05) is 37.3 Å². The predicted molar refractivity (Wildman–Crippen MR) is 71.2 cm³/mol. The second-order valence-electron chi connectivity index (χ2n) is 4.88. The molecule has 0 saturated heterocycles. The third kappa shape index (κ3) is 4.09. The molecule has 1 amide bonds. The van der Waals surface area contributed by atoms with Crippen molar-refractivity contribution in [1.29, 1.82) is 0 Å². The molecule has 0 aromatic heterocycles. The van der Waals surface area contributed by atoms with Gasteiger partial charge in [-0.05, 0) is 17.9 Å². The quantitative estimate of drug-likeness (QED) is 0.829. The van der Waals surface area contributed by atoms with Gasteiger partial charge in [0.05, 0.1) is 0 Å². The van der Waals surface area contributed by atoms with Crippen molar-refractivity contribution >= 4 is 11.9 Å². The van der Waals surface area contributed by atoms with Crippen molar-refractivity contribution in [2.75, 3.05) is 7.05 Å². The maximum absolute atomic E-state index is 11.8.